The summed E-state index contributed by atoms with van der Waals surface area (Å²) in [5.41, 5.74) is 1.20. The summed E-state index contributed by atoms with van der Waals surface area (Å²) in [5.74, 6) is 1.63. The number of nitrogens with zero attached hydrogens (tertiary/aromatic N) is 4. The number of benzene rings is 1. The molecule has 0 bridgehead atoms. The lowest BCUT2D eigenvalue weighted by Gasteiger charge is -2.36. The Labute approximate surface area is 195 Å². The first-order valence-electron chi connectivity index (χ1n) is 11.1. The van der Waals surface area contributed by atoms with Crippen LogP contribution in [0, 0.1) is 11.3 Å². The van der Waals surface area contributed by atoms with Crippen molar-refractivity contribution in [2.24, 2.45) is 11.3 Å². The van der Waals surface area contributed by atoms with Crippen LogP contribution in [0.1, 0.15) is 26.7 Å². The number of hydrogen-bond acceptors (Lipinski definition) is 8. The molecule has 0 amide bonds. The maximum Gasteiger partial charge on any atom is 0.228 e. The van der Waals surface area contributed by atoms with E-state index in [0.29, 0.717) is 36.1 Å². The minimum absolute atomic E-state index is 0.172. The van der Waals surface area contributed by atoms with Gasteiger partial charge in [0.2, 0.25) is 5.95 Å². The van der Waals surface area contributed by atoms with Crippen molar-refractivity contribution in [1.29, 1.82) is 0 Å². The van der Waals surface area contributed by atoms with Crippen LogP contribution in [0.4, 0.5) is 11.8 Å². The SMILES string of the molecule is CC1(Nc2nc(N3CCOCC3)nc(Cl)c2-c2nc3ccccc3s2)CCC2C(O)C21C. The van der Waals surface area contributed by atoms with Crippen LogP contribution in [0.2, 0.25) is 5.15 Å². The molecule has 0 radical (unpaired) electrons. The molecule has 32 heavy (non-hydrogen) atoms. The van der Waals surface area contributed by atoms with E-state index in [4.69, 9.17) is 26.3 Å². The fourth-order valence-electron chi connectivity index (χ4n) is 5.53. The number of aromatic nitrogens is 3. The van der Waals surface area contributed by atoms with Crippen molar-refractivity contribution in [1.82, 2.24) is 15.0 Å². The number of rotatable bonds is 4. The topological polar surface area (TPSA) is 83.4 Å². The molecule has 7 nitrogen and oxygen atoms in total. The number of aliphatic hydroxyl groups excluding tert-OH is 1. The number of halogens is 1. The zero-order chi connectivity index (χ0) is 22.1. The van der Waals surface area contributed by atoms with Crippen molar-refractivity contribution in [2.75, 3.05) is 36.5 Å². The highest BCUT2D eigenvalue weighted by Crippen LogP contribution is 2.68. The molecule has 3 fully saturated rings. The molecule has 2 aromatic heterocycles. The molecular weight excluding hydrogens is 446 g/mol. The fourth-order valence-corrected chi connectivity index (χ4v) is 6.85. The number of aliphatic hydroxyl groups is 1. The molecule has 3 aliphatic rings. The lowest BCUT2D eigenvalue weighted by Crippen LogP contribution is -2.43. The van der Waals surface area contributed by atoms with Crippen LogP contribution in [-0.4, -0.2) is 58.0 Å². The van der Waals surface area contributed by atoms with E-state index in [1.807, 2.05) is 18.2 Å². The summed E-state index contributed by atoms with van der Waals surface area (Å²) in [6.07, 6.45) is 1.70. The van der Waals surface area contributed by atoms with Crippen LogP contribution in [0.5, 0.6) is 0 Å². The molecule has 2 aliphatic carbocycles. The van der Waals surface area contributed by atoms with Crippen molar-refractivity contribution in [2.45, 2.75) is 38.3 Å². The average Bonchev–Trinajstić information content (AvgIpc) is 3.06. The van der Waals surface area contributed by atoms with Crippen LogP contribution in [-0.2, 0) is 4.74 Å². The minimum Gasteiger partial charge on any atom is -0.392 e. The molecule has 2 saturated carbocycles. The number of ether oxygens (including phenoxy) is 1. The third kappa shape index (κ3) is 2.96. The normalized spacial score (nSPS) is 31.7. The van der Waals surface area contributed by atoms with Gasteiger partial charge in [-0.1, -0.05) is 30.7 Å². The van der Waals surface area contributed by atoms with Crippen molar-refractivity contribution >= 4 is 44.9 Å². The number of thiazole rings is 1. The predicted molar refractivity (Wildman–Crippen MR) is 128 cm³/mol. The van der Waals surface area contributed by atoms with Gasteiger partial charge in [-0.25, -0.2) is 9.97 Å². The summed E-state index contributed by atoms with van der Waals surface area (Å²) in [5, 5.41) is 15.5. The molecule has 168 valence electrons. The van der Waals surface area contributed by atoms with Crippen LogP contribution < -0.4 is 10.2 Å². The summed E-state index contributed by atoms with van der Waals surface area (Å²) in [6.45, 7) is 7.11. The molecule has 4 unspecified atom stereocenters. The van der Waals surface area contributed by atoms with E-state index in [2.05, 4.69) is 35.1 Å². The summed E-state index contributed by atoms with van der Waals surface area (Å²) in [7, 11) is 0. The number of nitrogens with one attached hydrogen (secondary N) is 1. The molecule has 4 atom stereocenters. The first-order chi connectivity index (χ1) is 15.4. The van der Waals surface area contributed by atoms with Gasteiger partial charge in [-0.3, -0.25) is 0 Å². The quantitative estimate of drug-likeness (QED) is 0.551. The second kappa shape index (κ2) is 7.25. The van der Waals surface area contributed by atoms with Crippen molar-refractivity contribution in [3.8, 4) is 10.6 Å². The Bertz CT molecular complexity index is 1170. The van der Waals surface area contributed by atoms with Gasteiger partial charge in [0.1, 0.15) is 16.0 Å². The predicted octanol–water partition coefficient (Wildman–Crippen LogP) is 4.20. The van der Waals surface area contributed by atoms with E-state index in [1.54, 1.807) is 11.3 Å². The van der Waals surface area contributed by atoms with Gasteiger partial charge in [-0.2, -0.15) is 4.98 Å². The number of hydrogen-bond donors (Lipinski definition) is 2. The van der Waals surface area contributed by atoms with Gasteiger partial charge in [0.15, 0.2) is 0 Å². The van der Waals surface area contributed by atoms with E-state index in [-0.39, 0.29) is 17.1 Å². The molecule has 0 spiro atoms. The Kier molecular flexibility index (Phi) is 4.67. The molecule has 2 N–H and O–H groups in total. The van der Waals surface area contributed by atoms with E-state index in [9.17, 15) is 5.11 Å². The Morgan fingerprint density at radius 3 is 2.69 bits per heavy atom. The van der Waals surface area contributed by atoms with Gasteiger partial charge in [0.25, 0.3) is 0 Å². The second-order valence-corrected chi connectivity index (χ2v) is 10.8. The monoisotopic (exact) mass is 471 g/mol. The highest BCUT2D eigenvalue weighted by atomic mass is 35.5. The first kappa shape index (κ1) is 20.6. The van der Waals surface area contributed by atoms with E-state index < -0.39 is 0 Å². The lowest BCUT2D eigenvalue weighted by atomic mass is 9.84. The zero-order valence-electron chi connectivity index (χ0n) is 18.1. The van der Waals surface area contributed by atoms with Crippen molar-refractivity contribution < 1.29 is 9.84 Å². The Morgan fingerprint density at radius 2 is 1.97 bits per heavy atom. The molecule has 3 aromatic rings. The summed E-state index contributed by atoms with van der Waals surface area (Å²) < 4.78 is 6.59. The van der Waals surface area contributed by atoms with Gasteiger partial charge in [-0.15, -0.1) is 11.3 Å². The number of anilines is 2. The molecule has 1 aromatic carbocycles. The Hall–Kier alpha value is -2.00. The van der Waals surface area contributed by atoms with Gasteiger partial charge >= 0.3 is 0 Å². The molecule has 3 heterocycles. The number of morpholine rings is 1. The van der Waals surface area contributed by atoms with Gasteiger partial charge in [0, 0.05) is 24.0 Å². The summed E-state index contributed by atoms with van der Waals surface area (Å²) in [6, 6.07) is 8.06. The first-order valence-corrected chi connectivity index (χ1v) is 12.3. The van der Waals surface area contributed by atoms with Crippen LogP contribution >= 0.6 is 22.9 Å². The van der Waals surface area contributed by atoms with Gasteiger partial charge in [-0.05, 0) is 37.8 Å². The molecule has 1 saturated heterocycles. The summed E-state index contributed by atoms with van der Waals surface area (Å²) in [4.78, 5) is 16.6. The standard InChI is InChI=1S/C23H26ClN5O2S/c1-22(8-7-13-17(30)23(13,22)2)28-19-16(20-25-14-5-3-4-6-15(14)32-20)18(24)26-21(27-19)29-9-11-31-12-10-29/h3-6,13,17,30H,7-12H2,1-2H3,(H,26,27,28). The highest BCUT2D eigenvalue weighted by molar-refractivity contribution is 7.21. The van der Waals surface area contributed by atoms with Crippen LogP contribution in [0.3, 0.4) is 0 Å². The molecule has 9 heteroatoms. The van der Waals surface area contributed by atoms with E-state index in [1.165, 1.54) is 0 Å². The molecule has 1 aliphatic heterocycles. The Morgan fingerprint density at radius 1 is 1.19 bits per heavy atom. The molecular formula is C23H26ClN5O2S. The number of fused-ring (bicyclic) bond motifs is 2. The maximum atomic E-state index is 10.6. The van der Waals surface area contributed by atoms with Crippen molar-refractivity contribution in [3.05, 3.63) is 29.4 Å². The van der Waals surface area contributed by atoms with Gasteiger partial charge < -0.3 is 20.1 Å². The molecule has 6 rings (SSSR count). The maximum absolute atomic E-state index is 10.6. The largest absolute Gasteiger partial charge is 0.392 e. The average molecular weight is 472 g/mol. The third-order valence-corrected chi connectivity index (χ3v) is 9.18. The fraction of sp³-hybridized carbons (Fsp3) is 0.522. The van der Waals surface area contributed by atoms with Crippen molar-refractivity contribution in [3.63, 3.8) is 0 Å². The zero-order valence-corrected chi connectivity index (χ0v) is 19.7. The van der Waals surface area contributed by atoms with E-state index >= 15 is 0 Å². The van der Waals surface area contributed by atoms with Crippen LogP contribution in [0.15, 0.2) is 24.3 Å². The van der Waals surface area contributed by atoms with Gasteiger partial charge in [0.05, 0.1) is 35.1 Å². The Balaban J connectivity index is 1.47. The second-order valence-electron chi connectivity index (χ2n) is 9.45. The van der Waals surface area contributed by atoms with Crippen LogP contribution in [0.25, 0.3) is 20.8 Å². The lowest BCUT2D eigenvalue weighted by molar-refractivity contribution is 0.122. The summed E-state index contributed by atoms with van der Waals surface area (Å²) >= 11 is 8.41. The highest BCUT2D eigenvalue weighted by Gasteiger charge is 2.73. The third-order valence-electron chi connectivity index (χ3n) is 7.85. The smallest absolute Gasteiger partial charge is 0.228 e. The van der Waals surface area contributed by atoms with E-state index in [0.717, 1.165) is 46.7 Å². The number of para-hydroxylation sites is 1. The minimum atomic E-state index is -0.289.